The van der Waals surface area contributed by atoms with E-state index in [2.05, 4.69) is 163 Å². The molecule has 11 rings (SSSR count). The molecule has 0 saturated carbocycles. The van der Waals surface area contributed by atoms with Crippen LogP contribution in [0.3, 0.4) is 0 Å². The highest BCUT2D eigenvalue weighted by Gasteiger charge is 2.17. The fraction of sp³-hybridized carbons (Fsp3) is 0.0417. The highest BCUT2D eigenvalue weighted by Crippen LogP contribution is 2.44. The second kappa shape index (κ2) is 10.7. The first kappa shape index (κ1) is 28.3. The molecule has 2 heterocycles. The molecule has 0 radical (unpaired) electrons. The Morgan fingerprint density at radius 2 is 1.08 bits per heavy atom. The van der Waals surface area contributed by atoms with Crippen molar-refractivity contribution in [2.45, 2.75) is 13.3 Å². The third-order valence-corrected chi connectivity index (χ3v) is 10.9. The van der Waals surface area contributed by atoms with Gasteiger partial charge in [-0.25, -0.2) is 4.98 Å². The Morgan fingerprint density at radius 1 is 0.471 bits per heavy atom. The van der Waals surface area contributed by atoms with Crippen LogP contribution in [0.2, 0.25) is 0 Å². The van der Waals surface area contributed by atoms with E-state index in [9.17, 15) is 0 Å². The number of nitrogens with zero attached hydrogens (tertiary/aromatic N) is 3. The van der Waals surface area contributed by atoms with Gasteiger partial charge in [0.25, 0.3) is 0 Å². The molecule has 0 aliphatic rings. The summed E-state index contributed by atoms with van der Waals surface area (Å²) in [4.78, 5) is 10.1. The molecule has 9 aromatic carbocycles. The predicted octanol–water partition coefficient (Wildman–Crippen LogP) is 12.7. The lowest BCUT2D eigenvalue weighted by molar-refractivity contribution is 0.908. The van der Waals surface area contributed by atoms with Gasteiger partial charge in [0.1, 0.15) is 5.82 Å². The third kappa shape index (κ3) is 4.12. The number of aryl methyl sites for hydroxylation is 1. The molecular formula is C48H31N3. The lowest BCUT2D eigenvalue weighted by Crippen LogP contribution is -1.99. The summed E-state index contributed by atoms with van der Waals surface area (Å²) in [7, 11) is 0. The Bertz CT molecular complexity index is 3150. The zero-order valence-corrected chi connectivity index (χ0v) is 28.1. The Hall–Kier alpha value is -6.58. The van der Waals surface area contributed by atoms with Crippen LogP contribution in [0.5, 0.6) is 0 Å². The lowest BCUT2D eigenvalue weighted by atomic mass is 9.86. The monoisotopic (exact) mass is 649 g/mol. The van der Waals surface area contributed by atoms with E-state index < -0.39 is 0 Å². The van der Waals surface area contributed by atoms with Crippen molar-refractivity contribution in [2.24, 2.45) is 0 Å². The topological polar surface area (TPSA) is 30.7 Å². The van der Waals surface area contributed by atoms with Crippen molar-refractivity contribution >= 4 is 75.7 Å². The highest BCUT2D eigenvalue weighted by molar-refractivity contribution is 6.37. The highest BCUT2D eigenvalue weighted by atomic mass is 15.1. The van der Waals surface area contributed by atoms with E-state index in [-0.39, 0.29) is 0 Å². The van der Waals surface area contributed by atoms with Gasteiger partial charge < -0.3 is 0 Å². The van der Waals surface area contributed by atoms with Crippen LogP contribution in [0, 0.1) is 0 Å². The van der Waals surface area contributed by atoms with Crippen molar-refractivity contribution in [3.05, 3.63) is 164 Å². The molecule has 0 amide bonds. The minimum atomic E-state index is 0.854. The fourth-order valence-electron chi connectivity index (χ4n) is 8.58. The van der Waals surface area contributed by atoms with E-state index in [1.54, 1.807) is 0 Å². The van der Waals surface area contributed by atoms with E-state index in [0.29, 0.717) is 0 Å². The van der Waals surface area contributed by atoms with Crippen LogP contribution >= 0.6 is 0 Å². The third-order valence-electron chi connectivity index (χ3n) is 10.9. The SMILES string of the molecule is CCc1nc2cc(-c3ccc(-c4cc5ccc6cccc7c8cccc9ccc%10cccc(c(c4)c5c67)c%10c98)cn3)ccc2n1-c1ccccc1. The van der Waals surface area contributed by atoms with E-state index in [0.717, 1.165) is 51.4 Å². The minimum Gasteiger partial charge on any atom is -0.296 e. The minimum absolute atomic E-state index is 0.854. The fourth-order valence-corrected chi connectivity index (χ4v) is 8.58. The molecule has 51 heavy (non-hydrogen) atoms. The Balaban J connectivity index is 1.11. The van der Waals surface area contributed by atoms with E-state index >= 15 is 0 Å². The first-order chi connectivity index (χ1) is 25.2. The number of hydrogen-bond donors (Lipinski definition) is 0. The molecule has 0 N–H and O–H groups in total. The van der Waals surface area contributed by atoms with Gasteiger partial charge in [0, 0.05) is 29.4 Å². The summed E-state index contributed by atoms with van der Waals surface area (Å²) in [6.45, 7) is 2.16. The average molecular weight is 650 g/mol. The van der Waals surface area contributed by atoms with Gasteiger partial charge in [0.05, 0.1) is 16.7 Å². The summed E-state index contributed by atoms with van der Waals surface area (Å²) < 4.78 is 2.26. The van der Waals surface area contributed by atoms with Gasteiger partial charge in [0.2, 0.25) is 0 Å². The first-order valence-electron chi connectivity index (χ1n) is 17.7. The molecule has 2 aromatic heterocycles. The number of fused-ring (bicyclic) bond motifs is 3. The summed E-state index contributed by atoms with van der Waals surface area (Å²) in [6.07, 6.45) is 2.88. The van der Waals surface area contributed by atoms with E-state index in [1.807, 2.05) is 6.20 Å². The number of para-hydroxylation sites is 1. The summed E-state index contributed by atoms with van der Waals surface area (Å²) in [5, 5.41) is 15.5. The zero-order chi connectivity index (χ0) is 33.6. The molecular weight excluding hydrogens is 619 g/mol. The Kier molecular flexibility index (Phi) is 5.94. The molecule has 0 aliphatic heterocycles. The molecule has 0 atom stereocenters. The van der Waals surface area contributed by atoms with Crippen molar-refractivity contribution in [3.8, 4) is 28.1 Å². The van der Waals surface area contributed by atoms with Gasteiger partial charge in [-0.05, 0) is 113 Å². The van der Waals surface area contributed by atoms with Crippen molar-refractivity contribution < 1.29 is 0 Å². The number of rotatable bonds is 4. The maximum Gasteiger partial charge on any atom is 0.114 e. The van der Waals surface area contributed by atoms with Crippen LogP contribution in [0.15, 0.2) is 158 Å². The normalized spacial score (nSPS) is 12.1. The molecule has 0 fully saturated rings. The molecule has 238 valence electrons. The number of aromatic nitrogens is 3. The van der Waals surface area contributed by atoms with Crippen molar-refractivity contribution in [2.75, 3.05) is 0 Å². The largest absolute Gasteiger partial charge is 0.296 e. The van der Waals surface area contributed by atoms with Crippen molar-refractivity contribution in [3.63, 3.8) is 0 Å². The van der Waals surface area contributed by atoms with Gasteiger partial charge in [-0.3, -0.25) is 9.55 Å². The molecule has 0 unspecified atom stereocenters. The van der Waals surface area contributed by atoms with Crippen LogP contribution in [0.25, 0.3) is 104 Å². The summed E-state index contributed by atoms with van der Waals surface area (Å²) >= 11 is 0. The van der Waals surface area contributed by atoms with Gasteiger partial charge in [-0.2, -0.15) is 0 Å². The second-order valence-electron chi connectivity index (χ2n) is 13.7. The van der Waals surface area contributed by atoms with Crippen LogP contribution in [0.1, 0.15) is 12.7 Å². The van der Waals surface area contributed by atoms with E-state index in [1.165, 1.54) is 64.6 Å². The number of benzene rings is 8. The van der Waals surface area contributed by atoms with Gasteiger partial charge >= 0.3 is 0 Å². The quantitative estimate of drug-likeness (QED) is 0.178. The first-order valence-corrected chi connectivity index (χ1v) is 17.7. The van der Waals surface area contributed by atoms with E-state index in [4.69, 9.17) is 9.97 Å². The predicted molar refractivity (Wildman–Crippen MR) is 215 cm³/mol. The maximum atomic E-state index is 5.04. The van der Waals surface area contributed by atoms with Crippen LogP contribution in [-0.4, -0.2) is 14.5 Å². The average Bonchev–Trinajstić information content (AvgIpc) is 3.57. The molecule has 0 spiro atoms. The van der Waals surface area contributed by atoms with Gasteiger partial charge in [-0.15, -0.1) is 0 Å². The smallest absolute Gasteiger partial charge is 0.114 e. The molecule has 0 saturated heterocycles. The molecule has 3 nitrogen and oxygen atoms in total. The van der Waals surface area contributed by atoms with Crippen molar-refractivity contribution in [1.29, 1.82) is 0 Å². The number of pyridine rings is 1. The second-order valence-corrected chi connectivity index (χ2v) is 13.7. The van der Waals surface area contributed by atoms with Crippen LogP contribution in [-0.2, 0) is 6.42 Å². The maximum absolute atomic E-state index is 5.04. The van der Waals surface area contributed by atoms with Crippen LogP contribution in [0.4, 0.5) is 0 Å². The lowest BCUT2D eigenvalue weighted by Gasteiger charge is -2.17. The molecule has 11 aromatic rings. The zero-order valence-electron chi connectivity index (χ0n) is 28.1. The Labute approximate surface area is 294 Å². The number of hydrogen-bond acceptors (Lipinski definition) is 2. The molecule has 0 bridgehead atoms. The molecule has 3 heteroatoms. The Morgan fingerprint density at radius 3 is 1.71 bits per heavy atom. The molecule has 0 aliphatic carbocycles. The van der Waals surface area contributed by atoms with Crippen LogP contribution < -0.4 is 0 Å². The number of imidazole rings is 1. The summed E-state index contributed by atoms with van der Waals surface area (Å²) in [6, 6.07) is 55.5. The van der Waals surface area contributed by atoms with Gasteiger partial charge in [-0.1, -0.05) is 116 Å². The standard InChI is InChI=1S/C48H31N3/c1-2-44-50-42-27-32(22-24-43(42)51(44)36-12-4-3-5-13-36)41-23-21-34(28-49-41)35-25-33-20-19-31-10-7-15-38-37-14-6-9-29-17-18-30-11-8-16-39(47(30)45(29)37)40(26-35)48(33)46(31)38/h3-28H,2H2,1H3. The van der Waals surface area contributed by atoms with Crippen molar-refractivity contribution in [1.82, 2.24) is 14.5 Å². The summed E-state index contributed by atoms with van der Waals surface area (Å²) in [5.41, 5.74) is 7.49. The summed E-state index contributed by atoms with van der Waals surface area (Å²) in [5.74, 6) is 1.05. The van der Waals surface area contributed by atoms with Gasteiger partial charge in [0.15, 0.2) is 0 Å².